The molecule has 0 amide bonds. The van der Waals surface area contributed by atoms with Crippen LogP contribution in [0.1, 0.15) is 24.0 Å². The topological polar surface area (TPSA) is 79.5 Å². The Morgan fingerprint density at radius 3 is 2.62 bits per heavy atom. The maximum atomic E-state index is 16.8. The molecule has 2 atom stereocenters. The molecule has 0 radical (unpaired) electrons. The molecule has 3 N–H and O–H groups in total. The monoisotopic (exact) mass is 542 g/mol. The van der Waals surface area contributed by atoms with Crippen molar-refractivity contribution in [3.8, 4) is 29.5 Å². The number of rotatable bonds is 6. The maximum absolute atomic E-state index is 16.8. The number of nitrogens with one attached hydrogen (secondary N) is 1. The number of terminal acetylenes is 1. The molecule has 2 aromatic carbocycles. The number of fused-ring (bicyclic) bond motifs is 4. The molecule has 6 rings (SSSR count). The zero-order valence-corrected chi connectivity index (χ0v) is 22.9. The summed E-state index contributed by atoms with van der Waals surface area (Å²) in [7, 11) is 3.93. The van der Waals surface area contributed by atoms with E-state index in [0.717, 1.165) is 25.9 Å². The van der Waals surface area contributed by atoms with Crippen molar-refractivity contribution < 1.29 is 13.5 Å². The second-order valence-electron chi connectivity index (χ2n) is 11.0. The molecule has 0 aliphatic carbocycles. The van der Waals surface area contributed by atoms with Crippen molar-refractivity contribution in [3.63, 3.8) is 0 Å². The van der Waals surface area contributed by atoms with E-state index >= 15 is 4.39 Å². The number of nitrogens with zero attached hydrogens (tertiary/aromatic N) is 4. The lowest BCUT2D eigenvalue weighted by Crippen LogP contribution is -2.51. The molecular formula is C31H32F2N6O. The summed E-state index contributed by atoms with van der Waals surface area (Å²) in [5.41, 5.74) is 7.61. The highest BCUT2D eigenvalue weighted by Gasteiger charge is 2.34. The number of nitrogens with two attached hydrogens (primary N) is 1. The van der Waals surface area contributed by atoms with Gasteiger partial charge in [0.25, 0.3) is 0 Å². The van der Waals surface area contributed by atoms with Gasteiger partial charge < -0.3 is 25.6 Å². The molecule has 2 aromatic heterocycles. The number of nitrogen functional groups attached to an aromatic ring is 1. The lowest BCUT2D eigenvalue weighted by atomic mass is 9.94. The molecule has 4 aromatic rings. The van der Waals surface area contributed by atoms with Crippen LogP contribution in [0.2, 0.25) is 0 Å². The minimum Gasteiger partial charge on any atom is -0.476 e. The Balaban J connectivity index is 1.58. The molecule has 4 heterocycles. The van der Waals surface area contributed by atoms with E-state index in [1.807, 2.05) is 25.9 Å². The van der Waals surface area contributed by atoms with Crippen molar-refractivity contribution in [1.29, 1.82) is 0 Å². The van der Waals surface area contributed by atoms with Crippen LogP contribution >= 0.6 is 0 Å². The number of hydrogen-bond donors (Lipinski definition) is 2. The highest BCUT2D eigenvalue weighted by atomic mass is 19.1. The van der Waals surface area contributed by atoms with Gasteiger partial charge in [-0.25, -0.2) is 8.78 Å². The first-order valence-electron chi connectivity index (χ1n) is 13.5. The van der Waals surface area contributed by atoms with Gasteiger partial charge >= 0.3 is 0 Å². The number of anilines is 2. The predicted octanol–water partition coefficient (Wildman–Crippen LogP) is 4.48. The maximum Gasteiger partial charge on any atom is 0.219 e. The number of aryl methyl sites for hydroxylation is 1. The van der Waals surface area contributed by atoms with Gasteiger partial charge in [0.1, 0.15) is 23.9 Å². The number of aromatic nitrogens is 2. The Morgan fingerprint density at radius 1 is 1.18 bits per heavy atom. The summed E-state index contributed by atoms with van der Waals surface area (Å²) < 4.78 is 37.7. The van der Waals surface area contributed by atoms with Gasteiger partial charge in [-0.2, -0.15) is 4.98 Å². The van der Waals surface area contributed by atoms with Crippen LogP contribution in [-0.4, -0.2) is 67.3 Å². The van der Waals surface area contributed by atoms with Crippen molar-refractivity contribution in [2.24, 2.45) is 0 Å². The third kappa shape index (κ3) is 4.47. The number of pyridine rings is 2. The fraction of sp³-hybridized carbons (Fsp3) is 0.355. The molecule has 2 aliphatic heterocycles. The summed E-state index contributed by atoms with van der Waals surface area (Å²) >= 11 is 0. The minimum atomic E-state index is -0.560. The molecule has 0 saturated carbocycles. The summed E-state index contributed by atoms with van der Waals surface area (Å²) in [5.74, 6) is 2.37. The van der Waals surface area contributed by atoms with E-state index in [1.54, 1.807) is 24.4 Å². The number of ether oxygens (including phenoxy) is 1. The molecule has 40 heavy (non-hydrogen) atoms. The van der Waals surface area contributed by atoms with E-state index in [9.17, 15) is 4.39 Å². The fourth-order valence-corrected chi connectivity index (χ4v) is 6.03. The standard InChI is InChI=1S/C31H32F2N6O/c1-5-22-25(32)9-6-18-12-19(34)13-23(27(18)22)29-28(33)26-17(2)31(40-11-10-38(3)4)37-30(24(26)14-35-29)39-15-20-7-8-21(16-39)36-20/h1,6,9,12-14,20-21,36H,7-8,10-11,15-16,34H2,2-4H3. The van der Waals surface area contributed by atoms with Crippen LogP contribution in [0.25, 0.3) is 32.8 Å². The van der Waals surface area contributed by atoms with E-state index in [4.69, 9.17) is 21.9 Å². The van der Waals surface area contributed by atoms with Crippen LogP contribution in [0.3, 0.4) is 0 Å². The van der Waals surface area contributed by atoms with Gasteiger partial charge in [-0.15, -0.1) is 6.42 Å². The van der Waals surface area contributed by atoms with E-state index in [-0.39, 0.29) is 11.3 Å². The number of piperazine rings is 1. The van der Waals surface area contributed by atoms with Crippen molar-refractivity contribution in [2.75, 3.05) is 51.0 Å². The summed E-state index contributed by atoms with van der Waals surface area (Å²) in [5, 5.41) is 5.63. The van der Waals surface area contributed by atoms with Gasteiger partial charge in [0.2, 0.25) is 5.88 Å². The normalized spacial score (nSPS) is 18.6. The van der Waals surface area contributed by atoms with E-state index in [2.05, 4.69) is 21.1 Å². The van der Waals surface area contributed by atoms with E-state index in [0.29, 0.717) is 75.3 Å². The van der Waals surface area contributed by atoms with Gasteiger partial charge in [0, 0.05) is 70.9 Å². The molecule has 2 aliphatic rings. The first kappa shape index (κ1) is 26.2. The molecule has 2 saturated heterocycles. The lowest BCUT2D eigenvalue weighted by Gasteiger charge is -2.34. The van der Waals surface area contributed by atoms with Crippen LogP contribution < -0.4 is 20.7 Å². The van der Waals surface area contributed by atoms with Gasteiger partial charge in [-0.3, -0.25) is 4.98 Å². The molecule has 206 valence electrons. The number of halogens is 2. The number of likely N-dealkylation sites (N-methyl/N-ethyl adjacent to an activating group) is 1. The smallest absolute Gasteiger partial charge is 0.219 e. The van der Waals surface area contributed by atoms with Gasteiger partial charge in [-0.1, -0.05) is 12.0 Å². The molecule has 9 heteroatoms. The largest absolute Gasteiger partial charge is 0.476 e. The Kier molecular flexibility index (Phi) is 6.69. The predicted molar refractivity (Wildman–Crippen MR) is 156 cm³/mol. The Labute approximate surface area is 232 Å². The Hall–Kier alpha value is -4.00. The summed E-state index contributed by atoms with van der Waals surface area (Å²) in [6.07, 6.45) is 9.55. The molecule has 2 unspecified atom stereocenters. The third-order valence-corrected chi connectivity index (χ3v) is 7.95. The molecule has 0 spiro atoms. The highest BCUT2D eigenvalue weighted by molar-refractivity contribution is 6.05. The average molecular weight is 543 g/mol. The van der Waals surface area contributed by atoms with Crippen LogP contribution in [-0.2, 0) is 0 Å². The second kappa shape index (κ2) is 10.2. The first-order valence-corrected chi connectivity index (χ1v) is 13.5. The quantitative estimate of drug-likeness (QED) is 0.275. The molecule has 2 fully saturated rings. The fourth-order valence-electron chi connectivity index (χ4n) is 6.03. The molecule has 7 nitrogen and oxygen atoms in total. The van der Waals surface area contributed by atoms with Crippen molar-refractivity contribution in [2.45, 2.75) is 31.8 Å². The summed E-state index contributed by atoms with van der Waals surface area (Å²) in [6.45, 7) is 4.44. The Bertz CT molecular complexity index is 1670. The van der Waals surface area contributed by atoms with Crippen LogP contribution in [0.5, 0.6) is 5.88 Å². The first-order chi connectivity index (χ1) is 19.2. The second-order valence-corrected chi connectivity index (χ2v) is 11.0. The van der Waals surface area contributed by atoms with E-state index < -0.39 is 11.6 Å². The molecule has 2 bridgehead atoms. The zero-order chi connectivity index (χ0) is 28.1. The van der Waals surface area contributed by atoms with Crippen molar-refractivity contribution in [1.82, 2.24) is 20.2 Å². The van der Waals surface area contributed by atoms with Crippen LogP contribution in [0.15, 0.2) is 30.5 Å². The van der Waals surface area contributed by atoms with Gasteiger partial charge in [0.05, 0.1) is 5.56 Å². The Morgan fingerprint density at radius 2 is 1.93 bits per heavy atom. The molecular weight excluding hydrogens is 510 g/mol. The van der Waals surface area contributed by atoms with E-state index in [1.165, 1.54) is 6.07 Å². The van der Waals surface area contributed by atoms with Gasteiger partial charge in [-0.05, 0) is 57.4 Å². The van der Waals surface area contributed by atoms with Gasteiger partial charge in [0.15, 0.2) is 5.82 Å². The average Bonchev–Trinajstić information content (AvgIpc) is 3.26. The SMILES string of the molecule is C#Cc1c(F)ccc2cc(N)cc(-c3ncc4c(N5CC6CCC(C5)N6)nc(OCCN(C)C)c(C)c4c3F)c12. The zero-order valence-electron chi connectivity index (χ0n) is 22.9. The van der Waals surface area contributed by atoms with Crippen molar-refractivity contribution in [3.05, 3.63) is 53.2 Å². The van der Waals surface area contributed by atoms with Crippen molar-refractivity contribution >= 4 is 33.1 Å². The van der Waals surface area contributed by atoms with Crippen LogP contribution in [0, 0.1) is 30.9 Å². The summed E-state index contributed by atoms with van der Waals surface area (Å²) in [4.78, 5) is 13.7. The van der Waals surface area contributed by atoms with Crippen LogP contribution in [0.4, 0.5) is 20.3 Å². The highest BCUT2D eigenvalue weighted by Crippen LogP contribution is 2.41. The third-order valence-electron chi connectivity index (χ3n) is 7.95. The summed E-state index contributed by atoms with van der Waals surface area (Å²) in [6, 6.07) is 6.91. The number of hydrogen-bond acceptors (Lipinski definition) is 7. The minimum absolute atomic E-state index is 0.0462. The number of benzene rings is 2. The lowest BCUT2D eigenvalue weighted by molar-refractivity contribution is 0.253.